The minimum Gasteiger partial charge on any atom is -0.370 e. The molecule has 2 aliphatic rings. The van der Waals surface area contributed by atoms with Crippen LogP contribution in [0.5, 0.6) is 0 Å². The zero-order valence-corrected chi connectivity index (χ0v) is 14.5. The highest BCUT2D eigenvalue weighted by Crippen LogP contribution is 2.32. The maximum Gasteiger partial charge on any atom is 0.270 e. The molecule has 1 fully saturated rings. The zero-order valence-electron chi connectivity index (χ0n) is 14.5. The van der Waals surface area contributed by atoms with Crippen LogP contribution >= 0.6 is 0 Å². The lowest BCUT2D eigenvalue weighted by molar-refractivity contribution is 0.0666. The molecule has 2 atom stereocenters. The third-order valence-electron chi connectivity index (χ3n) is 4.91. The first-order valence-electron chi connectivity index (χ1n) is 8.83. The van der Waals surface area contributed by atoms with Crippen molar-refractivity contribution in [2.24, 2.45) is 16.6 Å². The molecule has 1 heterocycles. The van der Waals surface area contributed by atoms with Crippen LogP contribution in [0.25, 0.3) is 0 Å². The van der Waals surface area contributed by atoms with E-state index < -0.39 is 5.92 Å². The van der Waals surface area contributed by atoms with Crippen molar-refractivity contribution < 1.29 is 8.78 Å². The van der Waals surface area contributed by atoms with Gasteiger partial charge >= 0.3 is 0 Å². The molecular weight excluding hydrogens is 320 g/mol. The molecule has 3 nitrogen and oxygen atoms in total. The van der Waals surface area contributed by atoms with E-state index in [9.17, 15) is 8.78 Å². The van der Waals surface area contributed by atoms with Crippen molar-refractivity contribution in [1.82, 2.24) is 4.90 Å². The Bertz CT molecular complexity index is 674. The van der Waals surface area contributed by atoms with Crippen LogP contribution < -0.4 is 5.73 Å². The quantitative estimate of drug-likeness (QED) is 0.653. The second-order valence-corrected chi connectivity index (χ2v) is 6.86. The topological polar surface area (TPSA) is 41.6 Å². The third-order valence-corrected chi connectivity index (χ3v) is 4.91. The fourth-order valence-corrected chi connectivity index (χ4v) is 3.49. The Kier molecular flexibility index (Phi) is 5.21. The van der Waals surface area contributed by atoms with Crippen LogP contribution in [0, 0.1) is 5.92 Å². The van der Waals surface area contributed by atoms with Gasteiger partial charge in [-0.15, -0.1) is 0 Å². The predicted molar refractivity (Wildman–Crippen MR) is 97.6 cm³/mol. The van der Waals surface area contributed by atoms with Gasteiger partial charge in [-0.25, -0.2) is 8.78 Å². The fourth-order valence-electron chi connectivity index (χ4n) is 3.49. The standard InChI is InChI=1S/C20H25F2N3/c1-20(21,22)17-11-9-15(10-12-17)14-24-19(23)25-13-5-8-18(25)16-6-3-2-4-7-16/h2-4,6-7,9,11-12,15,18H,5,8,10,13-14H2,1H3,(H2,23,24). The van der Waals surface area contributed by atoms with Gasteiger partial charge in [0, 0.05) is 31.5 Å². The van der Waals surface area contributed by atoms with Gasteiger partial charge in [-0.1, -0.05) is 48.6 Å². The molecule has 1 aromatic rings. The van der Waals surface area contributed by atoms with E-state index in [1.54, 1.807) is 6.08 Å². The molecule has 1 aliphatic carbocycles. The van der Waals surface area contributed by atoms with E-state index in [1.165, 1.54) is 11.6 Å². The van der Waals surface area contributed by atoms with Crippen molar-refractivity contribution in [1.29, 1.82) is 0 Å². The molecule has 2 N–H and O–H groups in total. The molecule has 5 heteroatoms. The number of nitrogens with zero attached hydrogens (tertiary/aromatic N) is 2. The number of nitrogens with two attached hydrogens (primary N) is 1. The molecule has 134 valence electrons. The highest BCUT2D eigenvalue weighted by molar-refractivity contribution is 5.79. The summed E-state index contributed by atoms with van der Waals surface area (Å²) in [6.45, 7) is 2.36. The normalized spacial score (nSPS) is 24.5. The molecular formula is C20H25F2N3. The van der Waals surface area contributed by atoms with Crippen LogP contribution in [0.4, 0.5) is 8.78 Å². The van der Waals surface area contributed by atoms with Crippen molar-refractivity contribution >= 4 is 5.96 Å². The summed E-state index contributed by atoms with van der Waals surface area (Å²) < 4.78 is 26.6. The van der Waals surface area contributed by atoms with Gasteiger partial charge in [0.25, 0.3) is 5.92 Å². The van der Waals surface area contributed by atoms with Gasteiger partial charge in [-0.3, -0.25) is 4.99 Å². The number of hydrogen-bond acceptors (Lipinski definition) is 1. The van der Waals surface area contributed by atoms with Crippen LogP contribution in [0.3, 0.4) is 0 Å². The summed E-state index contributed by atoms with van der Waals surface area (Å²) in [4.78, 5) is 6.70. The van der Waals surface area contributed by atoms with E-state index in [-0.39, 0.29) is 17.5 Å². The molecule has 1 aromatic carbocycles. The molecule has 0 saturated carbocycles. The molecule has 0 bridgehead atoms. The number of halogens is 2. The smallest absolute Gasteiger partial charge is 0.270 e. The van der Waals surface area contributed by atoms with Gasteiger partial charge in [0.1, 0.15) is 0 Å². The summed E-state index contributed by atoms with van der Waals surface area (Å²) in [6.07, 6.45) is 7.69. The maximum atomic E-state index is 13.3. The highest BCUT2D eigenvalue weighted by Gasteiger charge is 2.28. The number of likely N-dealkylation sites (tertiary alicyclic amines) is 1. The predicted octanol–water partition coefficient (Wildman–Crippen LogP) is 4.30. The second-order valence-electron chi connectivity index (χ2n) is 6.86. The van der Waals surface area contributed by atoms with Crippen LogP contribution in [0.1, 0.15) is 37.8 Å². The summed E-state index contributed by atoms with van der Waals surface area (Å²) in [5, 5.41) is 0. The fraction of sp³-hybridized carbons (Fsp3) is 0.450. The van der Waals surface area contributed by atoms with Crippen molar-refractivity contribution in [2.45, 2.75) is 38.2 Å². The van der Waals surface area contributed by atoms with E-state index in [1.807, 2.05) is 24.3 Å². The van der Waals surface area contributed by atoms with Crippen LogP contribution in [-0.2, 0) is 0 Å². The number of hydrogen-bond donors (Lipinski definition) is 1. The molecule has 1 aliphatic heterocycles. The Hall–Kier alpha value is -2.17. The second kappa shape index (κ2) is 7.38. The number of guanidine groups is 1. The Balaban J connectivity index is 1.61. The summed E-state index contributed by atoms with van der Waals surface area (Å²) in [7, 11) is 0. The van der Waals surface area contributed by atoms with E-state index in [0.717, 1.165) is 26.3 Å². The van der Waals surface area contributed by atoms with Gasteiger partial charge < -0.3 is 10.6 Å². The Morgan fingerprint density at radius 3 is 2.72 bits per heavy atom. The Labute approximate surface area is 147 Å². The van der Waals surface area contributed by atoms with E-state index >= 15 is 0 Å². The first kappa shape index (κ1) is 17.6. The van der Waals surface area contributed by atoms with Crippen molar-refractivity contribution in [3.8, 4) is 0 Å². The van der Waals surface area contributed by atoms with Crippen LogP contribution in [0.2, 0.25) is 0 Å². The number of aliphatic imine (C=N–C) groups is 1. The van der Waals surface area contributed by atoms with Gasteiger partial charge in [0.05, 0.1) is 6.04 Å². The molecule has 0 aromatic heterocycles. The first-order chi connectivity index (χ1) is 11.9. The average molecular weight is 345 g/mol. The van der Waals surface area contributed by atoms with E-state index in [0.29, 0.717) is 18.9 Å². The van der Waals surface area contributed by atoms with Gasteiger partial charge in [-0.2, -0.15) is 0 Å². The summed E-state index contributed by atoms with van der Waals surface area (Å²) in [6, 6.07) is 10.6. The van der Waals surface area contributed by atoms with Gasteiger partial charge in [0.2, 0.25) is 0 Å². The van der Waals surface area contributed by atoms with Crippen LogP contribution in [-0.4, -0.2) is 29.9 Å². The minimum absolute atomic E-state index is 0.0874. The molecule has 0 radical (unpaired) electrons. The lowest BCUT2D eigenvalue weighted by atomic mass is 9.94. The van der Waals surface area contributed by atoms with Crippen LogP contribution in [0.15, 0.2) is 59.1 Å². The molecule has 1 saturated heterocycles. The van der Waals surface area contributed by atoms with Crippen molar-refractivity contribution in [2.75, 3.05) is 13.1 Å². The molecule has 0 spiro atoms. The van der Waals surface area contributed by atoms with Gasteiger partial charge in [0.15, 0.2) is 5.96 Å². The molecule has 3 rings (SSSR count). The minimum atomic E-state index is -2.78. The Morgan fingerprint density at radius 1 is 1.32 bits per heavy atom. The summed E-state index contributed by atoms with van der Waals surface area (Å²) >= 11 is 0. The maximum absolute atomic E-state index is 13.3. The molecule has 2 unspecified atom stereocenters. The number of rotatable bonds is 4. The SMILES string of the molecule is CC(F)(F)C1=CCC(CN=C(N)N2CCCC2c2ccccc2)C=C1. The largest absolute Gasteiger partial charge is 0.370 e. The summed E-state index contributed by atoms with van der Waals surface area (Å²) in [5.41, 5.74) is 7.58. The van der Waals surface area contributed by atoms with Crippen molar-refractivity contribution in [3.05, 3.63) is 59.7 Å². The lowest BCUT2D eigenvalue weighted by Gasteiger charge is -2.26. The highest BCUT2D eigenvalue weighted by atomic mass is 19.3. The first-order valence-corrected chi connectivity index (χ1v) is 8.83. The monoisotopic (exact) mass is 345 g/mol. The van der Waals surface area contributed by atoms with E-state index in [4.69, 9.17) is 5.73 Å². The average Bonchev–Trinajstić information content (AvgIpc) is 3.10. The Morgan fingerprint density at radius 2 is 2.08 bits per heavy atom. The number of benzene rings is 1. The number of allylic oxidation sites excluding steroid dienone is 3. The van der Waals surface area contributed by atoms with E-state index in [2.05, 4.69) is 22.0 Å². The molecule has 0 amide bonds. The third kappa shape index (κ3) is 4.27. The molecule has 25 heavy (non-hydrogen) atoms. The zero-order chi connectivity index (χ0) is 17.9. The number of alkyl halides is 2. The summed E-state index contributed by atoms with van der Waals surface area (Å²) in [5.74, 6) is -2.10. The van der Waals surface area contributed by atoms with Gasteiger partial charge in [-0.05, 0) is 24.8 Å². The van der Waals surface area contributed by atoms with Crippen molar-refractivity contribution in [3.63, 3.8) is 0 Å². The lowest BCUT2D eigenvalue weighted by Crippen LogP contribution is -2.37.